The Kier molecular flexibility index (Phi) is 7.50. The van der Waals surface area contributed by atoms with E-state index in [0.717, 1.165) is 51.0 Å². The number of benzene rings is 1. The van der Waals surface area contributed by atoms with Crippen LogP contribution in [0.4, 0.5) is 4.79 Å². The lowest BCUT2D eigenvalue weighted by atomic mass is 9.43. The van der Waals surface area contributed by atoms with Gasteiger partial charge in [-0.05, 0) is 89.1 Å². The first-order chi connectivity index (χ1) is 19.8. The minimum absolute atomic E-state index is 0.0212. The van der Waals surface area contributed by atoms with Crippen LogP contribution in [0.5, 0.6) is 0 Å². The standard InChI is InChI=1S/C33H49BN2O6/c1-30(2,3)40-29(38)36-21-25-33(27(36)28(37)39-7,15-17-35(25)20-22-12-9-8-10-13-22)14-11-16-34-41-26-19-23-18-24(31(23,4)5)32(26,6)42-34/h8-10,12-13,23-27H,11,14-21H2,1-7H3/t23-,24-,25?,26+,27+,32-,33?/m0/s1. The molecule has 0 spiro atoms. The summed E-state index contributed by atoms with van der Waals surface area (Å²) in [5.41, 5.74) is 0.218. The maximum Gasteiger partial charge on any atom is 0.457 e. The number of methoxy groups -OCH3 is 1. The van der Waals surface area contributed by atoms with Crippen molar-refractivity contribution in [2.24, 2.45) is 22.7 Å². The molecule has 8 nitrogen and oxygen atoms in total. The summed E-state index contributed by atoms with van der Waals surface area (Å²) in [5.74, 6) is 0.887. The molecule has 7 rings (SSSR count). The number of amides is 1. The highest BCUT2D eigenvalue weighted by molar-refractivity contribution is 6.45. The number of esters is 1. The van der Waals surface area contributed by atoms with Crippen LogP contribution in [-0.2, 0) is 30.1 Å². The maximum absolute atomic E-state index is 13.5. The molecule has 6 aliphatic rings. The summed E-state index contributed by atoms with van der Waals surface area (Å²) in [4.78, 5) is 31.1. The summed E-state index contributed by atoms with van der Waals surface area (Å²) >= 11 is 0. The quantitative estimate of drug-likeness (QED) is 0.309. The Hall–Kier alpha value is -2.10. The fraction of sp³-hybridized carbons (Fsp3) is 0.758. The van der Waals surface area contributed by atoms with Crippen LogP contribution in [-0.4, -0.2) is 78.6 Å². The van der Waals surface area contributed by atoms with Crippen LogP contribution < -0.4 is 0 Å². The van der Waals surface area contributed by atoms with Crippen LogP contribution in [0.2, 0.25) is 6.32 Å². The second-order valence-electron chi connectivity index (χ2n) is 15.3. The first-order valence-corrected chi connectivity index (χ1v) is 16.0. The van der Waals surface area contributed by atoms with Gasteiger partial charge in [0.05, 0.1) is 18.8 Å². The zero-order chi connectivity index (χ0) is 30.1. The average molecular weight is 581 g/mol. The molecule has 1 aromatic carbocycles. The molecule has 1 amide bonds. The summed E-state index contributed by atoms with van der Waals surface area (Å²) < 4.78 is 24.4. The van der Waals surface area contributed by atoms with Crippen molar-refractivity contribution in [3.63, 3.8) is 0 Å². The van der Waals surface area contributed by atoms with E-state index in [1.54, 1.807) is 4.90 Å². The van der Waals surface area contributed by atoms with Crippen LogP contribution >= 0.6 is 0 Å². The van der Waals surface area contributed by atoms with E-state index in [4.69, 9.17) is 18.8 Å². The third-order valence-electron chi connectivity index (χ3n) is 11.6. The summed E-state index contributed by atoms with van der Waals surface area (Å²) in [5, 5.41) is 0. The Morgan fingerprint density at radius 1 is 1.12 bits per heavy atom. The minimum Gasteiger partial charge on any atom is -0.467 e. The van der Waals surface area contributed by atoms with Gasteiger partial charge in [-0.1, -0.05) is 50.6 Å². The predicted molar refractivity (Wildman–Crippen MR) is 161 cm³/mol. The van der Waals surface area contributed by atoms with Crippen molar-refractivity contribution in [2.45, 2.75) is 116 Å². The number of ether oxygens (including phenoxy) is 2. The van der Waals surface area contributed by atoms with Gasteiger partial charge in [-0.25, -0.2) is 9.59 Å². The van der Waals surface area contributed by atoms with E-state index < -0.39 is 23.2 Å². The highest BCUT2D eigenvalue weighted by Crippen LogP contribution is 2.66. The third kappa shape index (κ3) is 4.88. The Bertz CT molecular complexity index is 1190. The van der Waals surface area contributed by atoms with E-state index in [9.17, 15) is 9.59 Å². The van der Waals surface area contributed by atoms with Gasteiger partial charge in [-0.15, -0.1) is 0 Å². The number of hydrogen-bond acceptors (Lipinski definition) is 7. The fourth-order valence-corrected chi connectivity index (χ4v) is 9.34. The topological polar surface area (TPSA) is 77.5 Å². The molecule has 6 fully saturated rings. The number of likely N-dealkylation sites (tertiary alicyclic amines) is 2. The Morgan fingerprint density at radius 2 is 1.86 bits per heavy atom. The van der Waals surface area contributed by atoms with Crippen molar-refractivity contribution >= 4 is 19.2 Å². The lowest BCUT2D eigenvalue weighted by Crippen LogP contribution is -2.65. The fourth-order valence-electron chi connectivity index (χ4n) is 9.34. The highest BCUT2D eigenvalue weighted by Gasteiger charge is 2.68. The number of hydrogen-bond donors (Lipinski definition) is 0. The van der Waals surface area contributed by atoms with Crippen LogP contribution in [0.25, 0.3) is 0 Å². The van der Waals surface area contributed by atoms with Crippen molar-refractivity contribution in [1.29, 1.82) is 0 Å². The molecule has 0 aromatic heterocycles. The van der Waals surface area contributed by atoms with Gasteiger partial charge < -0.3 is 18.8 Å². The lowest BCUT2D eigenvalue weighted by molar-refractivity contribution is -0.199. The van der Waals surface area contributed by atoms with Crippen molar-refractivity contribution in [3.05, 3.63) is 35.9 Å². The molecule has 42 heavy (non-hydrogen) atoms. The predicted octanol–water partition coefficient (Wildman–Crippen LogP) is 5.55. The molecule has 3 saturated heterocycles. The molecule has 3 aliphatic heterocycles. The molecule has 3 heterocycles. The normalized spacial score (nSPS) is 36.8. The number of rotatable bonds is 7. The van der Waals surface area contributed by atoms with Gasteiger partial charge in [-0.3, -0.25) is 9.80 Å². The van der Waals surface area contributed by atoms with Gasteiger partial charge in [0, 0.05) is 24.5 Å². The van der Waals surface area contributed by atoms with E-state index in [0.29, 0.717) is 17.9 Å². The summed E-state index contributed by atoms with van der Waals surface area (Å²) in [6, 6.07) is 9.75. The molecular weight excluding hydrogens is 531 g/mol. The number of carbonyl (C=O) groups is 2. The van der Waals surface area contributed by atoms with Crippen LogP contribution in [0, 0.1) is 22.7 Å². The number of nitrogens with zero attached hydrogens (tertiary/aromatic N) is 2. The molecule has 2 bridgehead atoms. The Morgan fingerprint density at radius 3 is 2.52 bits per heavy atom. The molecule has 7 atom stereocenters. The molecule has 2 unspecified atom stereocenters. The second-order valence-corrected chi connectivity index (χ2v) is 15.3. The van der Waals surface area contributed by atoms with Crippen molar-refractivity contribution in [2.75, 3.05) is 20.2 Å². The molecule has 230 valence electrons. The zero-order valence-electron chi connectivity index (χ0n) is 26.6. The van der Waals surface area contributed by atoms with Gasteiger partial charge in [0.1, 0.15) is 11.6 Å². The van der Waals surface area contributed by atoms with E-state index in [1.165, 1.54) is 19.1 Å². The van der Waals surface area contributed by atoms with Gasteiger partial charge >= 0.3 is 19.2 Å². The van der Waals surface area contributed by atoms with Gasteiger partial charge in [-0.2, -0.15) is 0 Å². The molecule has 0 N–H and O–H groups in total. The largest absolute Gasteiger partial charge is 0.467 e. The SMILES string of the molecule is COC(=O)[C@H]1N(C(=O)OC(C)(C)C)CC2N(Cc3ccccc3)CCC21CCCB1O[C@@H]2C[C@@H]3C[C@@H](C3(C)C)[C@]2(C)O1. The second kappa shape index (κ2) is 10.5. The van der Waals surface area contributed by atoms with Crippen molar-refractivity contribution in [1.82, 2.24) is 9.80 Å². The smallest absolute Gasteiger partial charge is 0.457 e. The minimum atomic E-state index is -0.693. The summed E-state index contributed by atoms with van der Waals surface area (Å²) in [7, 11) is 1.19. The summed E-state index contributed by atoms with van der Waals surface area (Å²) in [6.07, 6.45) is 5.24. The number of fused-ring (bicyclic) bond motifs is 1. The van der Waals surface area contributed by atoms with Crippen molar-refractivity contribution in [3.8, 4) is 0 Å². The third-order valence-corrected chi connectivity index (χ3v) is 11.6. The lowest BCUT2D eigenvalue weighted by Gasteiger charge is -2.64. The summed E-state index contributed by atoms with van der Waals surface area (Å²) in [6.45, 7) is 14.7. The first kappa shape index (κ1) is 30.0. The molecule has 9 heteroatoms. The van der Waals surface area contributed by atoms with Crippen LogP contribution in [0.1, 0.15) is 79.2 Å². The zero-order valence-corrected chi connectivity index (χ0v) is 26.6. The van der Waals surface area contributed by atoms with Gasteiger partial charge in [0.25, 0.3) is 0 Å². The molecule has 3 saturated carbocycles. The van der Waals surface area contributed by atoms with Crippen LogP contribution in [0.15, 0.2) is 30.3 Å². The van der Waals surface area contributed by atoms with Crippen molar-refractivity contribution < 1.29 is 28.4 Å². The Labute approximate surface area is 251 Å². The van der Waals surface area contributed by atoms with E-state index in [-0.39, 0.29) is 30.8 Å². The molecule has 0 radical (unpaired) electrons. The monoisotopic (exact) mass is 580 g/mol. The maximum atomic E-state index is 13.5. The molecule has 1 aromatic rings. The van der Waals surface area contributed by atoms with Gasteiger partial charge in [0.15, 0.2) is 0 Å². The average Bonchev–Trinajstić information content (AvgIpc) is 3.55. The molecular formula is C33H49BN2O6. The Balaban J connectivity index is 1.21. The van der Waals surface area contributed by atoms with E-state index >= 15 is 0 Å². The number of carbonyl (C=O) groups excluding carboxylic acids is 2. The molecule has 3 aliphatic carbocycles. The van der Waals surface area contributed by atoms with E-state index in [1.807, 2.05) is 26.8 Å². The first-order valence-electron chi connectivity index (χ1n) is 16.0. The van der Waals surface area contributed by atoms with E-state index in [2.05, 4.69) is 49.9 Å². The highest BCUT2D eigenvalue weighted by atomic mass is 16.7. The van der Waals surface area contributed by atoms with Gasteiger partial charge in [0.2, 0.25) is 0 Å². The van der Waals surface area contributed by atoms with Crippen LogP contribution in [0.3, 0.4) is 0 Å².